The summed E-state index contributed by atoms with van der Waals surface area (Å²) in [4.78, 5) is 2.23. The number of fused-ring (bicyclic) bond motifs is 1. The van der Waals surface area contributed by atoms with Gasteiger partial charge in [-0.15, -0.1) is 0 Å². The predicted octanol–water partition coefficient (Wildman–Crippen LogP) is 2.20. The largest absolute Gasteiger partial charge is 0.388 e. The van der Waals surface area contributed by atoms with Crippen LogP contribution in [0, 0.1) is 0 Å². The highest BCUT2D eigenvalue weighted by molar-refractivity contribution is 5.27. The summed E-state index contributed by atoms with van der Waals surface area (Å²) in [6.07, 6.45) is 7.56. The molecule has 3 heteroatoms. The quantitative estimate of drug-likeness (QED) is 0.794. The van der Waals surface area contributed by atoms with E-state index in [0.717, 1.165) is 32.4 Å². The molecule has 1 heterocycles. The lowest BCUT2D eigenvalue weighted by Crippen LogP contribution is -2.15. The Morgan fingerprint density at radius 3 is 3.00 bits per heavy atom. The van der Waals surface area contributed by atoms with Crippen LogP contribution in [-0.4, -0.2) is 35.2 Å². The summed E-state index contributed by atoms with van der Waals surface area (Å²) in [6, 6.07) is 2.10. The normalized spacial score (nSPS) is 19.6. The van der Waals surface area contributed by atoms with Gasteiger partial charge in [0.25, 0.3) is 0 Å². The van der Waals surface area contributed by atoms with E-state index in [2.05, 4.69) is 35.8 Å². The predicted molar refractivity (Wildman–Crippen MR) is 70.1 cm³/mol. The smallest absolute Gasteiger partial charge is 0.0807 e. The Balaban J connectivity index is 1.89. The zero-order valence-electron chi connectivity index (χ0n) is 11.0. The molecule has 0 saturated carbocycles. The van der Waals surface area contributed by atoms with Gasteiger partial charge in [-0.3, -0.25) is 0 Å². The second-order valence-corrected chi connectivity index (χ2v) is 5.33. The molecule has 1 N–H and O–H groups in total. The molecule has 1 aromatic rings. The molecule has 1 unspecified atom stereocenters. The molecular weight excluding hydrogens is 212 g/mol. The molecular formula is C14H24N2O. The maximum absolute atomic E-state index is 9.90. The summed E-state index contributed by atoms with van der Waals surface area (Å²) in [5.41, 5.74) is 2.54. The maximum Gasteiger partial charge on any atom is 0.0807 e. The summed E-state index contributed by atoms with van der Waals surface area (Å²) in [7, 11) is 4.24. The Labute approximate surface area is 104 Å². The average molecular weight is 236 g/mol. The van der Waals surface area contributed by atoms with Crippen LogP contribution in [0.3, 0.4) is 0 Å². The van der Waals surface area contributed by atoms with E-state index < -0.39 is 0 Å². The van der Waals surface area contributed by atoms with Crippen LogP contribution >= 0.6 is 0 Å². The fourth-order valence-electron chi connectivity index (χ4n) is 2.65. The lowest BCUT2D eigenvalue weighted by atomic mass is 9.95. The SMILES string of the molecule is CN(C)CCCCn1ccc2c1CCCC2O. The third kappa shape index (κ3) is 3.11. The number of nitrogens with zero attached hydrogens (tertiary/aromatic N) is 2. The van der Waals surface area contributed by atoms with E-state index in [1.807, 2.05) is 0 Å². The number of hydrogen-bond acceptors (Lipinski definition) is 2. The summed E-state index contributed by atoms with van der Waals surface area (Å²) < 4.78 is 2.34. The van der Waals surface area contributed by atoms with Gasteiger partial charge >= 0.3 is 0 Å². The standard InChI is InChI=1S/C14H24N2O/c1-15(2)9-3-4-10-16-11-8-12-13(16)6-5-7-14(12)17/h8,11,14,17H,3-7,9-10H2,1-2H3. The molecule has 1 aromatic heterocycles. The van der Waals surface area contributed by atoms with Crippen molar-refractivity contribution in [1.82, 2.24) is 9.47 Å². The number of rotatable bonds is 5. The minimum absolute atomic E-state index is 0.221. The first-order valence-corrected chi connectivity index (χ1v) is 6.69. The molecule has 1 atom stereocenters. The average Bonchev–Trinajstić information content (AvgIpc) is 2.69. The first-order valence-electron chi connectivity index (χ1n) is 6.69. The molecule has 3 nitrogen and oxygen atoms in total. The van der Waals surface area contributed by atoms with Crippen LogP contribution in [0.5, 0.6) is 0 Å². The Morgan fingerprint density at radius 2 is 2.24 bits per heavy atom. The molecule has 1 aliphatic carbocycles. The number of aryl methyl sites for hydroxylation is 1. The second kappa shape index (κ2) is 5.69. The van der Waals surface area contributed by atoms with Crippen molar-refractivity contribution in [3.05, 3.63) is 23.5 Å². The van der Waals surface area contributed by atoms with Crippen molar-refractivity contribution in [1.29, 1.82) is 0 Å². The first kappa shape index (κ1) is 12.7. The molecule has 0 aromatic carbocycles. The van der Waals surface area contributed by atoms with E-state index in [-0.39, 0.29) is 6.10 Å². The molecule has 0 aliphatic heterocycles. The monoisotopic (exact) mass is 236 g/mol. The van der Waals surface area contributed by atoms with E-state index in [9.17, 15) is 5.11 Å². The fraction of sp³-hybridized carbons (Fsp3) is 0.714. The number of aliphatic hydroxyl groups excluding tert-OH is 1. The van der Waals surface area contributed by atoms with Gasteiger partial charge in [-0.05, 0) is 58.8 Å². The topological polar surface area (TPSA) is 28.4 Å². The molecule has 0 bridgehead atoms. The molecule has 17 heavy (non-hydrogen) atoms. The zero-order valence-corrected chi connectivity index (χ0v) is 11.0. The zero-order chi connectivity index (χ0) is 12.3. The van der Waals surface area contributed by atoms with Gasteiger partial charge in [-0.2, -0.15) is 0 Å². The third-order valence-corrected chi connectivity index (χ3v) is 3.62. The van der Waals surface area contributed by atoms with E-state index in [1.165, 1.54) is 24.1 Å². The van der Waals surface area contributed by atoms with Gasteiger partial charge in [0.15, 0.2) is 0 Å². The summed E-state index contributed by atoms with van der Waals surface area (Å²) in [6.45, 7) is 2.25. The van der Waals surface area contributed by atoms with E-state index >= 15 is 0 Å². The third-order valence-electron chi connectivity index (χ3n) is 3.62. The molecule has 0 spiro atoms. The summed E-state index contributed by atoms with van der Waals surface area (Å²) in [5.74, 6) is 0. The van der Waals surface area contributed by atoms with E-state index in [0.29, 0.717) is 0 Å². The van der Waals surface area contributed by atoms with Crippen molar-refractivity contribution in [2.24, 2.45) is 0 Å². The van der Waals surface area contributed by atoms with Crippen LogP contribution in [0.15, 0.2) is 12.3 Å². The number of aliphatic hydroxyl groups is 1. The lowest BCUT2D eigenvalue weighted by molar-refractivity contribution is 0.155. The van der Waals surface area contributed by atoms with Gasteiger partial charge in [0, 0.05) is 24.0 Å². The van der Waals surface area contributed by atoms with Crippen LogP contribution in [0.2, 0.25) is 0 Å². The van der Waals surface area contributed by atoms with Gasteiger partial charge in [-0.1, -0.05) is 0 Å². The number of unbranched alkanes of at least 4 members (excludes halogenated alkanes) is 1. The van der Waals surface area contributed by atoms with Crippen molar-refractivity contribution in [2.45, 2.75) is 44.8 Å². The lowest BCUT2D eigenvalue weighted by Gasteiger charge is -2.20. The van der Waals surface area contributed by atoms with E-state index in [4.69, 9.17) is 0 Å². The van der Waals surface area contributed by atoms with Gasteiger partial charge in [0.1, 0.15) is 0 Å². The first-order chi connectivity index (χ1) is 8.18. The van der Waals surface area contributed by atoms with Crippen molar-refractivity contribution in [3.63, 3.8) is 0 Å². The van der Waals surface area contributed by atoms with Crippen LogP contribution in [0.4, 0.5) is 0 Å². The maximum atomic E-state index is 9.90. The van der Waals surface area contributed by atoms with Crippen LogP contribution in [0.1, 0.15) is 43.0 Å². The minimum atomic E-state index is -0.221. The van der Waals surface area contributed by atoms with Crippen molar-refractivity contribution < 1.29 is 5.11 Å². The van der Waals surface area contributed by atoms with Crippen LogP contribution in [0.25, 0.3) is 0 Å². The Morgan fingerprint density at radius 1 is 1.41 bits per heavy atom. The van der Waals surface area contributed by atoms with E-state index in [1.54, 1.807) is 0 Å². The molecule has 0 amide bonds. The summed E-state index contributed by atoms with van der Waals surface area (Å²) in [5, 5.41) is 9.90. The molecule has 0 saturated heterocycles. The highest BCUT2D eigenvalue weighted by atomic mass is 16.3. The Kier molecular flexibility index (Phi) is 4.24. The molecule has 0 fully saturated rings. The highest BCUT2D eigenvalue weighted by Crippen LogP contribution is 2.30. The number of hydrogen-bond donors (Lipinski definition) is 1. The van der Waals surface area contributed by atoms with Crippen LogP contribution < -0.4 is 0 Å². The highest BCUT2D eigenvalue weighted by Gasteiger charge is 2.20. The van der Waals surface area contributed by atoms with Crippen molar-refractivity contribution >= 4 is 0 Å². The second-order valence-electron chi connectivity index (χ2n) is 5.33. The van der Waals surface area contributed by atoms with Gasteiger partial charge < -0.3 is 14.6 Å². The van der Waals surface area contributed by atoms with Gasteiger partial charge in [0.05, 0.1) is 6.10 Å². The van der Waals surface area contributed by atoms with Gasteiger partial charge in [0.2, 0.25) is 0 Å². The molecule has 2 rings (SSSR count). The van der Waals surface area contributed by atoms with Crippen molar-refractivity contribution in [3.8, 4) is 0 Å². The summed E-state index contributed by atoms with van der Waals surface area (Å²) >= 11 is 0. The molecule has 96 valence electrons. The number of aromatic nitrogens is 1. The molecule has 1 aliphatic rings. The fourth-order valence-corrected chi connectivity index (χ4v) is 2.65. The van der Waals surface area contributed by atoms with Crippen molar-refractivity contribution in [2.75, 3.05) is 20.6 Å². The molecule has 0 radical (unpaired) electrons. The minimum Gasteiger partial charge on any atom is -0.388 e. The van der Waals surface area contributed by atoms with Crippen LogP contribution in [-0.2, 0) is 13.0 Å². The Hall–Kier alpha value is -0.800. The Bertz CT molecular complexity index is 357. The van der Waals surface area contributed by atoms with Gasteiger partial charge in [-0.25, -0.2) is 0 Å².